The molecule has 2 unspecified atom stereocenters. The maximum absolute atomic E-state index is 12.1. The highest BCUT2D eigenvalue weighted by atomic mass is 32.1. The van der Waals surface area contributed by atoms with Gasteiger partial charge in [0.15, 0.2) is 0 Å². The number of nitrogens with one attached hydrogen (secondary N) is 1. The molecular weight excluding hydrogens is 270 g/mol. The summed E-state index contributed by atoms with van der Waals surface area (Å²) < 4.78 is 0. The highest BCUT2D eigenvalue weighted by Crippen LogP contribution is 2.20. The van der Waals surface area contributed by atoms with Crippen LogP contribution >= 0.6 is 11.3 Å². The molecule has 1 aromatic heterocycles. The van der Waals surface area contributed by atoms with Crippen molar-refractivity contribution in [2.24, 2.45) is 5.73 Å². The van der Waals surface area contributed by atoms with Crippen LogP contribution in [-0.2, 0) is 4.79 Å². The van der Waals surface area contributed by atoms with Crippen molar-refractivity contribution in [2.75, 3.05) is 0 Å². The maximum Gasteiger partial charge on any atom is 0.222 e. The minimum Gasteiger partial charge on any atom is -0.347 e. The molecular formula is C15H19N3OS. The summed E-state index contributed by atoms with van der Waals surface area (Å²) >= 11 is 1.56. The van der Waals surface area contributed by atoms with E-state index in [9.17, 15) is 4.79 Å². The largest absolute Gasteiger partial charge is 0.347 e. The highest BCUT2D eigenvalue weighted by molar-refractivity contribution is 7.09. The second-order valence-corrected chi connectivity index (χ2v) is 5.55. The Kier molecular flexibility index (Phi) is 5.26. The van der Waals surface area contributed by atoms with Gasteiger partial charge in [0.05, 0.1) is 6.04 Å². The van der Waals surface area contributed by atoms with Crippen LogP contribution in [0.25, 0.3) is 0 Å². The number of nitrogens with zero attached hydrogens (tertiary/aromatic N) is 1. The molecule has 0 spiro atoms. The van der Waals surface area contributed by atoms with Crippen molar-refractivity contribution >= 4 is 17.2 Å². The molecule has 0 aliphatic rings. The Morgan fingerprint density at radius 2 is 2.15 bits per heavy atom. The monoisotopic (exact) mass is 289 g/mol. The van der Waals surface area contributed by atoms with Gasteiger partial charge in [0.1, 0.15) is 5.01 Å². The first-order valence-corrected chi connectivity index (χ1v) is 7.58. The molecule has 0 saturated carbocycles. The number of benzene rings is 1. The average molecular weight is 289 g/mol. The lowest BCUT2D eigenvalue weighted by Gasteiger charge is -2.17. The first-order chi connectivity index (χ1) is 9.70. The molecule has 0 fully saturated rings. The van der Waals surface area contributed by atoms with Crippen molar-refractivity contribution in [1.29, 1.82) is 0 Å². The third-order valence-corrected chi connectivity index (χ3v) is 4.02. The van der Waals surface area contributed by atoms with E-state index in [0.29, 0.717) is 0 Å². The van der Waals surface area contributed by atoms with E-state index < -0.39 is 0 Å². The maximum atomic E-state index is 12.1. The SMILES string of the molecule is CCC(NC(=O)CC(N)c1ccccc1)c1nccs1. The third-order valence-electron chi connectivity index (χ3n) is 3.13. The molecule has 2 aromatic rings. The summed E-state index contributed by atoms with van der Waals surface area (Å²) in [4.78, 5) is 16.3. The summed E-state index contributed by atoms with van der Waals surface area (Å²) in [6, 6.07) is 9.38. The first kappa shape index (κ1) is 14.7. The molecule has 2 atom stereocenters. The Bertz CT molecular complexity index is 527. The number of carbonyl (C=O) groups is 1. The number of aromatic nitrogens is 1. The average Bonchev–Trinajstić information content (AvgIpc) is 2.99. The fourth-order valence-corrected chi connectivity index (χ4v) is 2.79. The lowest BCUT2D eigenvalue weighted by Crippen LogP contribution is -2.30. The van der Waals surface area contributed by atoms with Crippen molar-refractivity contribution < 1.29 is 4.79 Å². The summed E-state index contributed by atoms with van der Waals surface area (Å²) in [6.07, 6.45) is 2.86. The van der Waals surface area contributed by atoms with Gasteiger partial charge in [0.2, 0.25) is 5.91 Å². The van der Waals surface area contributed by atoms with Gasteiger partial charge in [-0.1, -0.05) is 37.3 Å². The van der Waals surface area contributed by atoms with E-state index in [1.807, 2.05) is 42.6 Å². The summed E-state index contributed by atoms with van der Waals surface area (Å²) in [5, 5.41) is 5.85. The van der Waals surface area contributed by atoms with Crippen LogP contribution < -0.4 is 11.1 Å². The number of rotatable bonds is 6. The molecule has 0 radical (unpaired) electrons. The number of hydrogen-bond donors (Lipinski definition) is 2. The Balaban J connectivity index is 1.92. The first-order valence-electron chi connectivity index (χ1n) is 6.70. The molecule has 106 valence electrons. The van der Waals surface area contributed by atoms with Crippen molar-refractivity contribution in [1.82, 2.24) is 10.3 Å². The number of carbonyl (C=O) groups excluding carboxylic acids is 1. The second-order valence-electron chi connectivity index (χ2n) is 4.62. The zero-order chi connectivity index (χ0) is 14.4. The van der Waals surface area contributed by atoms with Gasteiger partial charge in [-0.25, -0.2) is 4.98 Å². The van der Waals surface area contributed by atoms with E-state index in [1.54, 1.807) is 17.5 Å². The highest BCUT2D eigenvalue weighted by Gasteiger charge is 2.17. The molecule has 1 amide bonds. The summed E-state index contributed by atoms with van der Waals surface area (Å²) in [7, 11) is 0. The number of thiazole rings is 1. The van der Waals surface area contributed by atoms with Crippen LogP contribution in [0.5, 0.6) is 0 Å². The van der Waals surface area contributed by atoms with Crippen LogP contribution in [0, 0.1) is 0 Å². The van der Waals surface area contributed by atoms with Gasteiger partial charge in [0.25, 0.3) is 0 Å². The molecule has 20 heavy (non-hydrogen) atoms. The lowest BCUT2D eigenvalue weighted by atomic mass is 10.0. The fraction of sp³-hybridized carbons (Fsp3) is 0.333. The Hall–Kier alpha value is -1.72. The van der Waals surface area contributed by atoms with Crippen LogP contribution in [0.15, 0.2) is 41.9 Å². The number of amides is 1. The third kappa shape index (κ3) is 3.88. The topological polar surface area (TPSA) is 68.0 Å². The van der Waals surface area contributed by atoms with Gasteiger partial charge in [-0.05, 0) is 12.0 Å². The molecule has 1 aromatic carbocycles. The zero-order valence-electron chi connectivity index (χ0n) is 11.5. The summed E-state index contributed by atoms with van der Waals surface area (Å²) in [6.45, 7) is 2.03. The van der Waals surface area contributed by atoms with E-state index in [-0.39, 0.29) is 24.4 Å². The molecule has 4 nitrogen and oxygen atoms in total. The van der Waals surface area contributed by atoms with Crippen LogP contribution in [-0.4, -0.2) is 10.9 Å². The minimum atomic E-state index is -0.273. The normalized spacial score (nSPS) is 13.7. The van der Waals surface area contributed by atoms with E-state index in [2.05, 4.69) is 10.3 Å². The predicted octanol–water partition coefficient (Wildman–Crippen LogP) is 2.80. The minimum absolute atomic E-state index is 0.0227. The van der Waals surface area contributed by atoms with E-state index in [4.69, 9.17) is 5.73 Å². The quantitative estimate of drug-likeness (QED) is 0.859. The molecule has 0 aliphatic heterocycles. The molecule has 1 heterocycles. The van der Waals surface area contributed by atoms with E-state index in [1.165, 1.54) is 0 Å². The van der Waals surface area contributed by atoms with Gasteiger partial charge in [-0.15, -0.1) is 11.3 Å². The molecule has 0 aliphatic carbocycles. The van der Waals surface area contributed by atoms with Crippen LogP contribution in [0.3, 0.4) is 0 Å². The predicted molar refractivity (Wildman–Crippen MR) is 81.3 cm³/mol. The van der Waals surface area contributed by atoms with E-state index >= 15 is 0 Å². The van der Waals surface area contributed by atoms with Crippen molar-refractivity contribution in [3.63, 3.8) is 0 Å². The second kappa shape index (κ2) is 7.17. The van der Waals surface area contributed by atoms with Gasteiger partial charge < -0.3 is 11.1 Å². The standard InChI is InChI=1S/C15H19N3OS/c1-2-13(15-17-8-9-20-15)18-14(19)10-12(16)11-6-4-3-5-7-11/h3-9,12-13H,2,10,16H2,1H3,(H,18,19). The summed E-state index contributed by atoms with van der Waals surface area (Å²) in [5.41, 5.74) is 7.03. The number of nitrogens with two attached hydrogens (primary N) is 1. The van der Waals surface area contributed by atoms with Gasteiger partial charge in [-0.2, -0.15) is 0 Å². The number of hydrogen-bond acceptors (Lipinski definition) is 4. The van der Waals surface area contributed by atoms with Gasteiger partial charge >= 0.3 is 0 Å². The molecule has 0 saturated heterocycles. The van der Waals surface area contributed by atoms with Crippen molar-refractivity contribution in [3.8, 4) is 0 Å². The zero-order valence-corrected chi connectivity index (χ0v) is 12.3. The Labute approximate surface area is 123 Å². The molecule has 2 rings (SSSR count). The molecule has 0 bridgehead atoms. The van der Waals surface area contributed by atoms with E-state index in [0.717, 1.165) is 17.0 Å². The van der Waals surface area contributed by atoms with Crippen LogP contribution in [0.1, 0.15) is 42.4 Å². The van der Waals surface area contributed by atoms with Crippen LogP contribution in [0.4, 0.5) is 0 Å². The molecule has 5 heteroatoms. The van der Waals surface area contributed by atoms with Gasteiger partial charge in [0, 0.05) is 24.0 Å². The summed E-state index contributed by atoms with van der Waals surface area (Å²) in [5.74, 6) is -0.0385. The lowest BCUT2D eigenvalue weighted by molar-refractivity contribution is -0.122. The van der Waals surface area contributed by atoms with Crippen molar-refractivity contribution in [2.45, 2.75) is 31.8 Å². The van der Waals surface area contributed by atoms with Crippen LogP contribution in [0.2, 0.25) is 0 Å². The Morgan fingerprint density at radius 1 is 1.40 bits per heavy atom. The molecule has 3 N–H and O–H groups in total. The smallest absolute Gasteiger partial charge is 0.222 e. The van der Waals surface area contributed by atoms with Gasteiger partial charge in [-0.3, -0.25) is 4.79 Å². The van der Waals surface area contributed by atoms with Crippen molar-refractivity contribution in [3.05, 3.63) is 52.5 Å². The fourth-order valence-electron chi connectivity index (χ4n) is 2.02. The Morgan fingerprint density at radius 3 is 2.75 bits per heavy atom.